The highest BCUT2D eigenvalue weighted by Crippen LogP contribution is 2.28. The Bertz CT molecular complexity index is 700. The number of ether oxygens (including phenoxy) is 2. The largest absolute Gasteiger partial charge is 0.497 e. The molecule has 2 heterocycles. The number of piperidine rings is 1. The molecule has 4 nitrogen and oxygen atoms in total. The second-order valence-electron chi connectivity index (χ2n) is 7.42. The van der Waals surface area contributed by atoms with Gasteiger partial charge in [0, 0.05) is 37.9 Å². The lowest BCUT2D eigenvalue weighted by atomic mass is 9.98. The highest BCUT2D eigenvalue weighted by molar-refractivity contribution is 5.49. The molecule has 138 valence electrons. The molecule has 2 aromatic carbocycles. The zero-order valence-corrected chi connectivity index (χ0v) is 15.7. The monoisotopic (exact) mass is 352 g/mol. The topological polar surface area (TPSA) is 24.9 Å². The first-order valence-electron chi connectivity index (χ1n) is 9.57. The van der Waals surface area contributed by atoms with Crippen molar-refractivity contribution in [3.8, 4) is 11.5 Å². The maximum Gasteiger partial charge on any atom is 0.124 e. The van der Waals surface area contributed by atoms with E-state index in [4.69, 9.17) is 9.47 Å². The van der Waals surface area contributed by atoms with E-state index >= 15 is 0 Å². The lowest BCUT2D eigenvalue weighted by molar-refractivity contribution is -0.0153. The van der Waals surface area contributed by atoms with Gasteiger partial charge in [-0.3, -0.25) is 4.90 Å². The molecule has 0 aliphatic carbocycles. The van der Waals surface area contributed by atoms with E-state index in [1.807, 2.05) is 12.1 Å². The predicted octanol–water partition coefficient (Wildman–Crippen LogP) is 3.74. The number of anilines is 1. The number of aryl methyl sites for hydroxylation is 1. The van der Waals surface area contributed by atoms with Gasteiger partial charge in [0.1, 0.15) is 17.6 Å². The van der Waals surface area contributed by atoms with Crippen LogP contribution in [0.15, 0.2) is 48.5 Å². The Hall–Kier alpha value is -2.20. The smallest absolute Gasteiger partial charge is 0.124 e. The molecular formula is C22H28N2O2. The summed E-state index contributed by atoms with van der Waals surface area (Å²) in [5.41, 5.74) is 2.57. The SMILES string of the molecule is COc1ccc(N2CCC(N3CC(Oc4ccc(C)cc4)C3)CC2)cc1. The third kappa shape index (κ3) is 3.80. The Balaban J connectivity index is 1.22. The van der Waals surface area contributed by atoms with Crippen LogP contribution in [0.3, 0.4) is 0 Å². The first kappa shape index (κ1) is 17.2. The van der Waals surface area contributed by atoms with Crippen molar-refractivity contribution in [1.29, 1.82) is 0 Å². The molecule has 4 heteroatoms. The minimum Gasteiger partial charge on any atom is -0.497 e. The maximum atomic E-state index is 6.07. The molecule has 26 heavy (non-hydrogen) atoms. The van der Waals surface area contributed by atoms with Gasteiger partial charge in [-0.05, 0) is 56.2 Å². The van der Waals surface area contributed by atoms with E-state index in [1.165, 1.54) is 24.1 Å². The van der Waals surface area contributed by atoms with Crippen molar-refractivity contribution in [2.45, 2.75) is 31.9 Å². The molecule has 0 bridgehead atoms. The summed E-state index contributed by atoms with van der Waals surface area (Å²) in [4.78, 5) is 5.07. The van der Waals surface area contributed by atoms with Gasteiger partial charge >= 0.3 is 0 Å². The molecule has 4 rings (SSSR count). The molecule has 0 radical (unpaired) electrons. The zero-order valence-electron chi connectivity index (χ0n) is 15.7. The van der Waals surface area contributed by atoms with Crippen LogP contribution < -0.4 is 14.4 Å². The van der Waals surface area contributed by atoms with E-state index in [0.29, 0.717) is 12.1 Å². The van der Waals surface area contributed by atoms with Crippen LogP contribution in [0.5, 0.6) is 11.5 Å². The fourth-order valence-corrected chi connectivity index (χ4v) is 3.93. The van der Waals surface area contributed by atoms with Crippen molar-refractivity contribution in [2.24, 2.45) is 0 Å². The van der Waals surface area contributed by atoms with Crippen molar-refractivity contribution in [3.63, 3.8) is 0 Å². The van der Waals surface area contributed by atoms with E-state index in [0.717, 1.165) is 37.7 Å². The van der Waals surface area contributed by atoms with Crippen molar-refractivity contribution in [1.82, 2.24) is 4.90 Å². The van der Waals surface area contributed by atoms with Gasteiger partial charge in [0.2, 0.25) is 0 Å². The van der Waals surface area contributed by atoms with E-state index in [9.17, 15) is 0 Å². The van der Waals surface area contributed by atoms with E-state index in [1.54, 1.807) is 7.11 Å². The summed E-state index contributed by atoms with van der Waals surface area (Å²) in [5.74, 6) is 1.92. The van der Waals surface area contributed by atoms with E-state index in [2.05, 4.69) is 53.1 Å². The van der Waals surface area contributed by atoms with Crippen LogP contribution in [0.4, 0.5) is 5.69 Å². The van der Waals surface area contributed by atoms with Gasteiger partial charge in [0.05, 0.1) is 7.11 Å². The number of nitrogens with zero attached hydrogens (tertiary/aromatic N) is 2. The molecule has 2 saturated heterocycles. The van der Waals surface area contributed by atoms with Gasteiger partial charge < -0.3 is 14.4 Å². The fraction of sp³-hybridized carbons (Fsp3) is 0.455. The van der Waals surface area contributed by atoms with Crippen molar-refractivity contribution in [3.05, 3.63) is 54.1 Å². The van der Waals surface area contributed by atoms with Gasteiger partial charge in [-0.25, -0.2) is 0 Å². The number of methoxy groups -OCH3 is 1. The summed E-state index contributed by atoms with van der Waals surface area (Å²) in [6, 6.07) is 17.5. The van der Waals surface area contributed by atoms with Crippen LogP contribution >= 0.6 is 0 Å². The normalized spacial score (nSPS) is 19.2. The minimum atomic E-state index is 0.345. The maximum absolute atomic E-state index is 6.07. The second kappa shape index (κ2) is 7.58. The summed E-state index contributed by atoms with van der Waals surface area (Å²) in [6.07, 6.45) is 2.80. The van der Waals surface area contributed by atoms with E-state index < -0.39 is 0 Å². The second-order valence-corrected chi connectivity index (χ2v) is 7.42. The van der Waals surface area contributed by atoms with Crippen LogP contribution in [0.25, 0.3) is 0 Å². The zero-order chi connectivity index (χ0) is 17.9. The van der Waals surface area contributed by atoms with Crippen LogP contribution in [0.1, 0.15) is 18.4 Å². The van der Waals surface area contributed by atoms with Gasteiger partial charge in [-0.1, -0.05) is 17.7 Å². The first-order chi connectivity index (χ1) is 12.7. The molecule has 0 atom stereocenters. The van der Waals surface area contributed by atoms with Gasteiger partial charge in [-0.2, -0.15) is 0 Å². The van der Waals surface area contributed by atoms with E-state index in [-0.39, 0.29) is 0 Å². The molecule has 0 spiro atoms. The van der Waals surface area contributed by atoms with Crippen molar-refractivity contribution in [2.75, 3.05) is 38.2 Å². The quantitative estimate of drug-likeness (QED) is 0.818. The molecule has 0 aromatic heterocycles. The highest BCUT2D eigenvalue weighted by Gasteiger charge is 2.35. The average Bonchev–Trinajstić information content (AvgIpc) is 2.66. The number of benzene rings is 2. The number of rotatable bonds is 5. The standard InChI is InChI=1S/C22H28N2O2/c1-17-3-7-21(8-4-17)26-22-15-24(16-22)19-11-13-23(14-12-19)18-5-9-20(25-2)10-6-18/h3-10,19,22H,11-16H2,1-2H3. The summed E-state index contributed by atoms with van der Waals surface area (Å²) < 4.78 is 11.3. The number of hydrogen-bond acceptors (Lipinski definition) is 4. The highest BCUT2D eigenvalue weighted by atomic mass is 16.5. The number of likely N-dealkylation sites (tertiary alicyclic amines) is 1. The van der Waals surface area contributed by atoms with Gasteiger partial charge in [-0.15, -0.1) is 0 Å². The molecule has 2 aromatic rings. The molecule has 2 aliphatic heterocycles. The minimum absolute atomic E-state index is 0.345. The summed E-state index contributed by atoms with van der Waals surface area (Å²) >= 11 is 0. The van der Waals surface area contributed by atoms with Crippen LogP contribution in [0.2, 0.25) is 0 Å². The fourth-order valence-electron chi connectivity index (χ4n) is 3.93. The van der Waals surface area contributed by atoms with Crippen LogP contribution in [0, 0.1) is 6.92 Å². The van der Waals surface area contributed by atoms with Crippen LogP contribution in [-0.2, 0) is 0 Å². The van der Waals surface area contributed by atoms with Crippen molar-refractivity contribution >= 4 is 5.69 Å². The third-order valence-electron chi connectivity index (χ3n) is 5.62. The lowest BCUT2D eigenvalue weighted by Crippen LogP contribution is -2.59. The van der Waals surface area contributed by atoms with Crippen LogP contribution in [-0.4, -0.2) is 50.3 Å². The molecule has 2 aliphatic rings. The molecule has 0 unspecified atom stereocenters. The Morgan fingerprint density at radius 2 is 1.46 bits per heavy atom. The molecule has 0 N–H and O–H groups in total. The Morgan fingerprint density at radius 1 is 0.846 bits per heavy atom. The predicted molar refractivity (Wildman–Crippen MR) is 105 cm³/mol. The summed E-state index contributed by atoms with van der Waals surface area (Å²) in [5, 5.41) is 0. The third-order valence-corrected chi connectivity index (χ3v) is 5.62. The first-order valence-corrected chi connectivity index (χ1v) is 9.57. The van der Waals surface area contributed by atoms with Gasteiger partial charge in [0.15, 0.2) is 0 Å². The Morgan fingerprint density at radius 3 is 2.08 bits per heavy atom. The molecule has 0 saturated carbocycles. The lowest BCUT2D eigenvalue weighted by Gasteiger charge is -2.47. The van der Waals surface area contributed by atoms with Gasteiger partial charge in [0.25, 0.3) is 0 Å². The molecule has 2 fully saturated rings. The summed E-state index contributed by atoms with van der Waals surface area (Å²) in [6.45, 7) is 6.46. The van der Waals surface area contributed by atoms with Crippen molar-refractivity contribution < 1.29 is 9.47 Å². The Kier molecular flexibility index (Phi) is 5.02. The average molecular weight is 352 g/mol. The molecule has 0 amide bonds. The Labute approximate surface area is 156 Å². The number of hydrogen-bond donors (Lipinski definition) is 0. The molecular weight excluding hydrogens is 324 g/mol. The summed E-state index contributed by atoms with van der Waals surface area (Å²) in [7, 11) is 1.71.